The summed E-state index contributed by atoms with van der Waals surface area (Å²) in [6.07, 6.45) is 4.52. The van der Waals surface area contributed by atoms with Crippen molar-refractivity contribution < 1.29 is 19.5 Å². The summed E-state index contributed by atoms with van der Waals surface area (Å²) in [6.45, 7) is 5.29. The fraction of sp³-hybridized carbons (Fsp3) is 0.412. The highest BCUT2D eigenvalue weighted by molar-refractivity contribution is 7.15. The lowest BCUT2D eigenvalue weighted by Crippen LogP contribution is -2.34. The smallest absolute Gasteiger partial charge is 0.290 e. The highest BCUT2D eigenvalue weighted by Gasteiger charge is 2.22. The Bertz CT molecular complexity index is 729. The summed E-state index contributed by atoms with van der Waals surface area (Å²) in [5, 5.41) is 6.89. The lowest BCUT2D eigenvalue weighted by molar-refractivity contribution is -0.122. The van der Waals surface area contributed by atoms with E-state index in [1.54, 1.807) is 18.3 Å². The van der Waals surface area contributed by atoms with Gasteiger partial charge in [0.2, 0.25) is 0 Å². The number of H-pyrrole nitrogens is 1. The van der Waals surface area contributed by atoms with Crippen LogP contribution in [0.1, 0.15) is 38.5 Å². The molecule has 0 aromatic carbocycles. The third kappa shape index (κ3) is 5.50. The lowest BCUT2D eigenvalue weighted by Gasteiger charge is -2.21. The molecule has 2 aromatic heterocycles. The Hall–Kier alpha value is -2.52. The summed E-state index contributed by atoms with van der Waals surface area (Å²) in [4.78, 5) is 45.2. The molecule has 0 atom stereocenters. The number of hydrogen-bond acceptors (Lipinski definition) is 6. The molecule has 1 aliphatic rings. The van der Waals surface area contributed by atoms with Crippen LogP contribution >= 0.6 is 11.3 Å². The van der Waals surface area contributed by atoms with Crippen LogP contribution in [0.2, 0.25) is 0 Å². The number of carboxylic acid groups (broad SMARTS) is 1. The predicted octanol–water partition coefficient (Wildman–Crippen LogP) is 1.72. The van der Waals surface area contributed by atoms with Gasteiger partial charge in [-0.15, -0.1) is 11.3 Å². The molecule has 2 aromatic rings. The van der Waals surface area contributed by atoms with E-state index < -0.39 is 0 Å². The zero-order chi connectivity index (χ0) is 18.9. The number of imidazole rings is 1. The number of Topliss-reactive ketones (excluding diaryl/α,β-unsaturated/α-hetero) is 1. The zero-order valence-electron chi connectivity index (χ0n) is 14.6. The summed E-state index contributed by atoms with van der Waals surface area (Å²) >= 11 is 1.28. The average Bonchev–Trinajstić information content (AvgIpc) is 3.24. The first-order valence-corrected chi connectivity index (χ1v) is 9.05. The zero-order valence-corrected chi connectivity index (χ0v) is 15.4. The summed E-state index contributed by atoms with van der Waals surface area (Å²) < 4.78 is 0. The van der Waals surface area contributed by atoms with Gasteiger partial charge in [0.1, 0.15) is 5.82 Å². The Labute approximate surface area is 155 Å². The average molecular weight is 378 g/mol. The van der Waals surface area contributed by atoms with E-state index in [4.69, 9.17) is 9.90 Å². The normalized spacial score (nSPS) is 14.9. The van der Waals surface area contributed by atoms with Crippen molar-refractivity contribution in [3.63, 3.8) is 0 Å². The number of aromatic nitrogens is 2. The van der Waals surface area contributed by atoms with Gasteiger partial charge in [0.15, 0.2) is 5.78 Å². The lowest BCUT2D eigenvalue weighted by atomic mass is 10.3. The maximum atomic E-state index is 12.6. The van der Waals surface area contributed by atoms with Crippen LogP contribution in [0.5, 0.6) is 0 Å². The second kappa shape index (κ2) is 9.83. The summed E-state index contributed by atoms with van der Waals surface area (Å²) in [6, 6.07) is 3.50. The minimum Gasteiger partial charge on any atom is -0.483 e. The minimum absolute atomic E-state index is 0.00883. The van der Waals surface area contributed by atoms with Crippen LogP contribution in [0.3, 0.4) is 0 Å². The number of nitrogens with zero attached hydrogens (tertiary/aromatic N) is 3. The molecule has 2 N–H and O–H groups in total. The minimum atomic E-state index is -0.250. The van der Waals surface area contributed by atoms with E-state index >= 15 is 0 Å². The number of hydrogen-bond donors (Lipinski definition) is 2. The Morgan fingerprint density at radius 1 is 1.27 bits per heavy atom. The van der Waals surface area contributed by atoms with E-state index in [-0.39, 0.29) is 18.2 Å². The van der Waals surface area contributed by atoms with Gasteiger partial charge in [-0.1, -0.05) is 0 Å². The molecule has 0 spiro atoms. The Balaban J connectivity index is 0.000000758. The van der Waals surface area contributed by atoms with Crippen molar-refractivity contribution in [2.45, 2.75) is 19.9 Å². The SMILES string of the molecule is CC(=O)c1ccc(C(=O)N2CCCN(Cc3ncc[nH]3)CC2)s1.O=CO. The molecule has 1 aliphatic heterocycles. The van der Waals surface area contributed by atoms with Crippen molar-refractivity contribution in [1.29, 1.82) is 0 Å². The largest absolute Gasteiger partial charge is 0.483 e. The third-order valence-corrected chi connectivity index (χ3v) is 5.14. The van der Waals surface area contributed by atoms with Gasteiger partial charge >= 0.3 is 0 Å². The number of nitrogens with one attached hydrogen (secondary N) is 1. The molecule has 9 heteroatoms. The first-order chi connectivity index (χ1) is 12.5. The quantitative estimate of drug-likeness (QED) is 0.620. The van der Waals surface area contributed by atoms with Gasteiger partial charge in [0, 0.05) is 38.6 Å². The molecular weight excluding hydrogens is 356 g/mol. The van der Waals surface area contributed by atoms with Gasteiger partial charge in [0.05, 0.1) is 16.3 Å². The molecular formula is C17H22N4O4S. The molecule has 8 nitrogen and oxygen atoms in total. The Kier molecular flexibility index (Phi) is 7.49. The number of carbonyl (C=O) groups is 3. The highest BCUT2D eigenvalue weighted by Crippen LogP contribution is 2.20. The highest BCUT2D eigenvalue weighted by atomic mass is 32.1. The number of carbonyl (C=O) groups excluding carboxylic acids is 2. The van der Waals surface area contributed by atoms with E-state index in [0.29, 0.717) is 16.3 Å². The van der Waals surface area contributed by atoms with Crippen LogP contribution in [-0.4, -0.2) is 69.2 Å². The number of aromatic amines is 1. The van der Waals surface area contributed by atoms with Gasteiger partial charge in [-0.2, -0.15) is 0 Å². The third-order valence-electron chi connectivity index (χ3n) is 3.97. The van der Waals surface area contributed by atoms with Crippen LogP contribution in [0.4, 0.5) is 0 Å². The molecule has 26 heavy (non-hydrogen) atoms. The molecule has 1 amide bonds. The first kappa shape index (κ1) is 19.8. The molecule has 0 radical (unpaired) electrons. The molecule has 3 heterocycles. The number of rotatable bonds is 4. The Morgan fingerprint density at radius 2 is 2.00 bits per heavy atom. The van der Waals surface area contributed by atoms with E-state index in [0.717, 1.165) is 38.4 Å². The van der Waals surface area contributed by atoms with Crippen molar-refractivity contribution in [3.05, 3.63) is 40.1 Å². The summed E-state index contributed by atoms with van der Waals surface area (Å²) in [7, 11) is 0. The van der Waals surface area contributed by atoms with Crippen molar-refractivity contribution in [3.8, 4) is 0 Å². The Morgan fingerprint density at radius 3 is 2.62 bits per heavy atom. The van der Waals surface area contributed by atoms with E-state index in [2.05, 4.69) is 14.9 Å². The summed E-state index contributed by atoms with van der Waals surface area (Å²) in [5.74, 6) is 0.992. The van der Waals surface area contributed by atoms with Gasteiger partial charge in [-0.25, -0.2) is 4.98 Å². The van der Waals surface area contributed by atoms with Crippen molar-refractivity contribution in [1.82, 2.24) is 19.8 Å². The fourth-order valence-electron chi connectivity index (χ4n) is 2.73. The maximum absolute atomic E-state index is 12.6. The van der Waals surface area contributed by atoms with Crippen molar-refractivity contribution in [2.75, 3.05) is 26.2 Å². The van der Waals surface area contributed by atoms with Crippen LogP contribution in [0.25, 0.3) is 0 Å². The van der Waals surface area contributed by atoms with Crippen molar-refractivity contribution >= 4 is 29.5 Å². The molecule has 0 bridgehead atoms. The van der Waals surface area contributed by atoms with E-state index in [9.17, 15) is 9.59 Å². The van der Waals surface area contributed by atoms with Gasteiger partial charge in [-0.3, -0.25) is 19.3 Å². The van der Waals surface area contributed by atoms with Crippen LogP contribution in [0, 0.1) is 0 Å². The molecule has 0 unspecified atom stereocenters. The topological polar surface area (TPSA) is 107 Å². The van der Waals surface area contributed by atoms with Crippen molar-refractivity contribution in [2.24, 2.45) is 0 Å². The number of ketones is 1. The number of thiophene rings is 1. The van der Waals surface area contributed by atoms with E-state index in [1.165, 1.54) is 18.3 Å². The fourth-order valence-corrected chi connectivity index (χ4v) is 3.60. The maximum Gasteiger partial charge on any atom is 0.290 e. The van der Waals surface area contributed by atoms with Gasteiger partial charge in [-0.05, 0) is 25.5 Å². The standard InChI is InChI=1S/C16H20N4O2S.CH2O2/c1-12(21)13-3-4-14(23-13)16(22)20-8-2-7-19(9-10-20)11-15-17-5-6-18-15;2-1-3/h3-6H,2,7-11H2,1H3,(H,17,18);1H,(H,2,3). The van der Waals surface area contributed by atoms with E-state index in [1.807, 2.05) is 11.1 Å². The first-order valence-electron chi connectivity index (χ1n) is 8.23. The van der Waals surface area contributed by atoms with Gasteiger partial charge in [0.25, 0.3) is 12.4 Å². The molecule has 1 fully saturated rings. The van der Waals surface area contributed by atoms with Crippen LogP contribution < -0.4 is 0 Å². The summed E-state index contributed by atoms with van der Waals surface area (Å²) in [5.41, 5.74) is 0. The van der Waals surface area contributed by atoms with Crippen LogP contribution in [-0.2, 0) is 11.3 Å². The second-order valence-corrected chi connectivity index (χ2v) is 6.87. The molecule has 3 rings (SSSR count). The molecule has 140 valence electrons. The number of amides is 1. The molecule has 1 saturated heterocycles. The monoisotopic (exact) mass is 378 g/mol. The predicted molar refractivity (Wildman–Crippen MR) is 97.4 cm³/mol. The second-order valence-electron chi connectivity index (χ2n) is 5.78. The molecule has 0 saturated carbocycles. The van der Waals surface area contributed by atoms with Gasteiger partial charge < -0.3 is 15.0 Å². The molecule has 0 aliphatic carbocycles. The van der Waals surface area contributed by atoms with Crippen LogP contribution in [0.15, 0.2) is 24.5 Å².